The molecule has 0 aromatic carbocycles. The number of aliphatic carboxylic acids is 1. The van der Waals surface area contributed by atoms with Crippen molar-refractivity contribution in [2.24, 2.45) is 0 Å². The summed E-state index contributed by atoms with van der Waals surface area (Å²) in [5, 5.41) is 8.75. The summed E-state index contributed by atoms with van der Waals surface area (Å²) in [6.45, 7) is 9.04. The molecular weight excluding hydrogens is 232 g/mol. The van der Waals surface area contributed by atoms with Gasteiger partial charge in [0.1, 0.15) is 0 Å². The summed E-state index contributed by atoms with van der Waals surface area (Å²) in [5.41, 5.74) is -0.236. The largest absolute Gasteiger partial charge is 0.481 e. The molecule has 1 saturated heterocycles. The van der Waals surface area contributed by atoms with Gasteiger partial charge in [0.25, 0.3) is 0 Å². The van der Waals surface area contributed by atoms with Crippen LogP contribution >= 0.6 is 0 Å². The van der Waals surface area contributed by atoms with E-state index in [1.54, 1.807) is 18.0 Å². The van der Waals surface area contributed by atoms with Crippen LogP contribution in [0, 0.1) is 0 Å². The van der Waals surface area contributed by atoms with Crippen molar-refractivity contribution in [2.45, 2.75) is 38.3 Å². The highest BCUT2D eigenvalue weighted by atomic mass is 16.4. The normalized spacial score (nSPS) is 24.1. The Bertz CT molecular complexity index is 352. The Morgan fingerprint density at radius 1 is 1.61 bits per heavy atom. The molecule has 0 spiro atoms. The van der Waals surface area contributed by atoms with E-state index in [2.05, 4.69) is 6.58 Å². The predicted molar refractivity (Wildman–Crippen MR) is 69.3 cm³/mol. The molecule has 1 heterocycles. The SMILES string of the molecule is C=CCN1CC(C)(C)N(C)C(=O)C1CCC(=O)O. The molecule has 1 atom stereocenters. The highest BCUT2D eigenvalue weighted by molar-refractivity contribution is 5.84. The maximum Gasteiger partial charge on any atom is 0.303 e. The average Bonchev–Trinajstić information content (AvgIpc) is 2.25. The first-order valence-electron chi connectivity index (χ1n) is 6.14. The molecule has 1 fully saturated rings. The number of likely N-dealkylation sites (N-methyl/N-ethyl adjacent to an activating group) is 1. The van der Waals surface area contributed by atoms with Gasteiger partial charge in [-0.15, -0.1) is 6.58 Å². The topological polar surface area (TPSA) is 60.9 Å². The Kier molecular flexibility index (Phi) is 4.51. The number of carbonyl (C=O) groups excluding carboxylic acids is 1. The number of carboxylic acids is 1. The molecule has 0 bridgehead atoms. The monoisotopic (exact) mass is 254 g/mol. The highest BCUT2D eigenvalue weighted by Gasteiger charge is 2.42. The highest BCUT2D eigenvalue weighted by Crippen LogP contribution is 2.25. The maximum atomic E-state index is 12.3. The molecule has 102 valence electrons. The zero-order valence-electron chi connectivity index (χ0n) is 11.3. The van der Waals surface area contributed by atoms with Gasteiger partial charge in [-0.1, -0.05) is 6.08 Å². The summed E-state index contributed by atoms with van der Waals surface area (Å²) >= 11 is 0. The van der Waals surface area contributed by atoms with Crippen molar-refractivity contribution in [2.75, 3.05) is 20.1 Å². The smallest absolute Gasteiger partial charge is 0.303 e. The Morgan fingerprint density at radius 2 is 2.22 bits per heavy atom. The van der Waals surface area contributed by atoms with Crippen LogP contribution in [-0.4, -0.2) is 58.5 Å². The summed E-state index contributed by atoms with van der Waals surface area (Å²) in [6, 6.07) is -0.350. The third-order valence-electron chi connectivity index (χ3n) is 3.55. The van der Waals surface area contributed by atoms with E-state index >= 15 is 0 Å². The maximum absolute atomic E-state index is 12.3. The first-order chi connectivity index (χ1) is 8.29. The molecule has 1 aliphatic heterocycles. The van der Waals surface area contributed by atoms with Crippen LogP contribution < -0.4 is 0 Å². The quantitative estimate of drug-likeness (QED) is 0.742. The standard InChI is InChI=1S/C13H22N2O3/c1-5-8-15-9-13(2,3)14(4)12(18)10(15)6-7-11(16)17/h5,10H,1,6-9H2,2-4H3,(H,16,17). The van der Waals surface area contributed by atoms with Crippen molar-refractivity contribution in [1.29, 1.82) is 0 Å². The van der Waals surface area contributed by atoms with E-state index in [9.17, 15) is 9.59 Å². The van der Waals surface area contributed by atoms with Gasteiger partial charge in [-0.05, 0) is 20.3 Å². The van der Waals surface area contributed by atoms with Gasteiger partial charge in [0.15, 0.2) is 0 Å². The van der Waals surface area contributed by atoms with Gasteiger partial charge in [0.05, 0.1) is 6.04 Å². The Balaban J connectivity index is 2.85. The summed E-state index contributed by atoms with van der Waals surface area (Å²) in [7, 11) is 1.78. The van der Waals surface area contributed by atoms with Gasteiger partial charge in [-0.2, -0.15) is 0 Å². The lowest BCUT2D eigenvalue weighted by atomic mass is 9.93. The van der Waals surface area contributed by atoms with E-state index in [4.69, 9.17) is 5.11 Å². The van der Waals surface area contributed by atoms with Crippen molar-refractivity contribution in [3.05, 3.63) is 12.7 Å². The predicted octanol–water partition coefficient (Wildman–Crippen LogP) is 0.958. The molecule has 0 aromatic rings. The van der Waals surface area contributed by atoms with Crippen molar-refractivity contribution in [3.8, 4) is 0 Å². The molecule has 1 aliphatic rings. The van der Waals surface area contributed by atoms with Crippen LogP contribution in [0.5, 0.6) is 0 Å². The second-order valence-corrected chi connectivity index (χ2v) is 5.38. The summed E-state index contributed by atoms with van der Waals surface area (Å²) in [5.74, 6) is -0.872. The third kappa shape index (κ3) is 3.10. The van der Waals surface area contributed by atoms with E-state index in [0.29, 0.717) is 13.0 Å². The molecule has 0 aliphatic carbocycles. The van der Waals surface area contributed by atoms with E-state index in [1.165, 1.54) is 0 Å². The molecule has 0 saturated carbocycles. The fourth-order valence-electron chi connectivity index (χ4n) is 2.32. The number of rotatable bonds is 5. The first kappa shape index (κ1) is 14.7. The van der Waals surface area contributed by atoms with Gasteiger partial charge >= 0.3 is 5.97 Å². The van der Waals surface area contributed by atoms with Crippen molar-refractivity contribution in [3.63, 3.8) is 0 Å². The molecule has 5 heteroatoms. The van der Waals surface area contributed by atoms with E-state index in [1.807, 2.05) is 18.7 Å². The lowest BCUT2D eigenvalue weighted by molar-refractivity contribution is -0.149. The Labute approximate surface area is 108 Å². The number of hydrogen-bond donors (Lipinski definition) is 1. The minimum absolute atomic E-state index is 0.00523. The lowest BCUT2D eigenvalue weighted by Crippen LogP contribution is -2.64. The minimum atomic E-state index is -0.867. The average molecular weight is 254 g/mol. The van der Waals surface area contributed by atoms with E-state index < -0.39 is 5.97 Å². The fraction of sp³-hybridized carbons (Fsp3) is 0.692. The number of hydrogen-bond acceptors (Lipinski definition) is 3. The molecule has 1 rings (SSSR count). The molecule has 18 heavy (non-hydrogen) atoms. The molecule has 1 N–H and O–H groups in total. The van der Waals surface area contributed by atoms with E-state index in [-0.39, 0.29) is 23.9 Å². The van der Waals surface area contributed by atoms with Crippen LogP contribution in [-0.2, 0) is 9.59 Å². The summed E-state index contributed by atoms with van der Waals surface area (Å²) in [4.78, 5) is 26.7. The van der Waals surface area contributed by atoms with Gasteiger partial charge in [-0.3, -0.25) is 14.5 Å². The van der Waals surface area contributed by atoms with Gasteiger partial charge < -0.3 is 10.0 Å². The van der Waals surface area contributed by atoms with Crippen LogP contribution in [0.25, 0.3) is 0 Å². The lowest BCUT2D eigenvalue weighted by Gasteiger charge is -2.48. The van der Waals surface area contributed by atoms with Gasteiger partial charge in [-0.25, -0.2) is 0 Å². The first-order valence-corrected chi connectivity index (χ1v) is 6.14. The molecule has 1 amide bonds. The van der Waals surface area contributed by atoms with Gasteiger partial charge in [0.2, 0.25) is 5.91 Å². The zero-order chi connectivity index (χ0) is 13.9. The van der Waals surface area contributed by atoms with Crippen LogP contribution in [0.3, 0.4) is 0 Å². The number of carboxylic acid groups (broad SMARTS) is 1. The van der Waals surface area contributed by atoms with Crippen molar-refractivity contribution in [1.82, 2.24) is 9.80 Å². The summed E-state index contributed by atoms with van der Waals surface area (Å²) < 4.78 is 0. The molecule has 5 nitrogen and oxygen atoms in total. The second kappa shape index (κ2) is 5.52. The van der Waals surface area contributed by atoms with E-state index in [0.717, 1.165) is 6.54 Å². The number of piperazine rings is 1. The fourth-order valence-corrected chi connectivity index (χ4v) is 2.32. The van der Waals surface area contributed by atoms with Crippen LogP contribution in [0.1, 0.15) is 26.7 Å². The van der Waals surface area contributed by atoms with Crippen LogP contribution in [0.4, 0.5) is 0 Å². The van der Waals surface area contributed by atoms with Gasteiger partial charge in [0, 0.05) is 32.1 Å². The molecule has 1 unspecified atom stereocenters. The minimum Gasteiger partial charge on any atom is -0.481 e. The zero-order valence-corrected chi connectivity index (χ0v) is 11.3. The molecular formula is C13H22N2O3. The summed E-state index contributed by atoms with van der Waals surface area (Å²) in [6.07, 6.45) is 2.11. The molecule has 0 radical (unpaired) electrons. The molecule has 0 aromatic heterocycles. The van der Waals surface area contributed by atoms with Crippen LogP contribution in [0.2, 0.25) is 0 Å². The number of nitrogens with zero attached hydrogens (tertiary/aromatic N) is 2. The van der Waals surface area contributed by atoms with Crippen molar-refractivity contribution >= 4 is 11.9 Å². The number of carbonyl (C=O) groups is 2. The number of amides is 1. The van der Waals surface area contributed by atoms with Crippen molar-refractivity contribution < 1.29 is 14.7 Å². The third-order valence-corrected chi connectivity index (χ3v) is 3.55. The Morgan fingerprint density at radius 3 is 2.72 bits per heavy atom. The Hall–Kier alpha value is -1.36. The second-order valence-electron chi connectivity index (χ2n) is 5.38. The van der Waals surface area contributed by atoms with Crippen LogP contribution in [0.15, 0.2) is 12.7 Å².